The van der Waals surface area contributed by atoms with Gasteiger partial charge in [-0.05, 0) is 43.0 Å². The first kappa shape index (κ1) is 17.2. The molecule has 0 radical (unpaired) electrons. The standard InChI is InChI=1S/C18H30OSi/c1-18(2,3)20(4,5)19-16-12-7-6-9-13-17-14-10-8-11-15-17/h6-8,10-11,14-15H,9,12-13,16H2,1-5H3/b7-6-. The average Bonchev–Trinajstić information content (AvgIpc) is 2.37. The fourth-order valence-corrected chi connectivity index (χ4v) is 2.79. The Balaban J connectivity index is 2.17. The lowest BCUT2D eigenvalue weighted by Crippen LogP contribution is -2.40. The molecule has 0 N–H and O–H groups in total. The van der Waals surface area contributed by atoms with Crippen molar-refractivity contribution in [3.8, 4) is 0 Å². The van der Waals surface area contributed by atoms with Crippen LogP contribution in [0.1, 0.15) is 39.2 Å². The summed E-state index contributed by atoms with van der Waals surface area (Å²) in [5, 5.41) is 0.310. The predicted molar refractivity (Wildman–Crippen MR) is 91.7 cm³/mol. The smallest absolute Gasteiger partial charge is 0.191 e. The van der Waals surface area contributed by atoms with Gasteiger partial charge >= 0.3 is 0 Å². The van der Waals surface area contributed by atoms with E-state index in [9.17, 15) is 0 Å². The Morgan fingerprint density at radius 3 is 2.20 bits per heavy atom. The topological polar surface area (TPSA) is 9.23 Å². The highest BCUT2D eigenvalue weighted by Crippen LogP contribution is 2.36. The normalized spacial score (nSPS) is 13.1. The molecule has 0 saturated carbocycles. The molecule has 0 spiro atoms. The summed E-state index contributed by atoms with van der Waals surface area (Å²) in [6, 6.07) is 10.7. The summed E-state index contributed by atoms with van der Waals surface area (Å²) in [5.74, 6) is 0. The maximum Gasteiger partial charge on any atom is 0.191 e. The van der Waals surface area contributed by atoms with Gasteiger partial charge in [-0.15, -0.1) is 0 Å². The summed E-state index contributed by atoms with van der Waals surface area (Å²) in [6.07, 6.45) is 7.81. The number of aryl methyl sites for hydroxylation is 1. The third-order valence-corrected chi connectivity index (χ3v) is 8.70. The first-order valence-electron chi connectivity index (χ1n) is 7.66. The molecule has 0 unspecified atom stereocenters. The van der Waals surface area contributed by atoms with Crippen LogP contribution in [0.5, 0.6) is 0 Å². The fraction of sp³-hybridized carbons (Fsp3) is 0.556. The molecule has 0 aliphatic rings. The molecule has 1 aromatic rings. The zero-order valence-electron chi connectivity index (χ0n) is 13.8. The van der Waals surface area contributed by atoms with Crippen LogP contribution in [-0.2, 0) is 10.8 Å². The van der Waals surface area contributed by atoms with Crippen molar-refractivity contribution in [2.45, 2.75) is 58.2 Å². The van der Waals surface area contributed by atoms with Gasteiger partial charge in [0.15, 0.2) is 8.32 Å². The van der Waals surface area contributed by atoms with Crippen molar-refractivity contribution in [2.75, 3.05) is 6.61 Å². The van der Waals surface area contributed by atoms with E-state index in [2.05, 4.69) is 76.3 Å². The van der Waals surface area contributed by atoms with E-state index in [1.54, 1.807) is 0 Å². The van der Waals surface area contributed by atoms with Gasteiger partial charge in [-0.25, -0.2) is 0 Å². The Hall–Kier alpha value is -0.863. The van der Waals surface area contributed by atoms with Gasteiger partial charge in [0, 0.05) is 6.61 Å². The van der Waals surface area contributed by atoms with Crippen LogP contribution in [0, 0.1) is 0 Å². The summed E-state index contributed by atoms with van der Waals surface area (Å²) < 4.78 is 6.15. The van der Waals surface area contributed by atoms with Gasteiger partial charge in [0.2, 0.25) is 0 Å². The van der Waals surface area contributed by atoms with Crippen LogP contribution < -0.4 is 0 Å². The lowest BCUT2D eigenvalue weighted by atomic mass is 10.1. The molecule has 20 heavy (non-hydrogen) atoms. The van der Waals surface area contributed by atoms with Crippen molar-refractivity contribution in [2.24, 2.45) is 0 Å². The van der Waals surface area contributed by atoms with Crippen LogP contribution in [0.25, 0.3) is 0 Å². The maximum atomic E-state index is 6.15. The average molecular weight is 291 g/mol. The number of hydrogen-bond acceptors (Lipinski definition) is 1. The van der Waals surface area contributed by atoms with Crippen LogP contribution in [0.2, 0.25) is 18.1 Å². The van der Waals surface area contributed by atoms with E-state index in [0.29, 0.717) is 5.04 Å². The van der Waals surface area contributed by atoms with Crippen LogP contribution >= 0.6 is 0 Å². The number of hydrogen-bond donors (Lipinski definition) is 0. The van der Waals surface area contributed by atoms with Gasteiger partial charge in [0.1, 0.15) is 0 Å². The molecule has 1 aromatic carbocycles. The fourth-order valence-electron chi connectivity index (χ4n) is 1.73. The minimum atomic E-state index is -1.56. The van der Waals surface area contributed by atoms with Gasteiger partial charge in [0.05, 0.1) is 0 Å². The Labute approximate surface area is 126 Å². The van der Waals surface area contributed by atoms with Crippen molar-refractivity contribution in [3.05, 3.63) is 48.0 Å². The van der Waals surface area contributed by atoms with Gasteiger partial charge in [-0.1, -0.05) is 63.3 Å². The van der Waals surface area contributed by atoms with Gasteiger partial charge < -0.3 is 4.43 Å². The van der Waals surface area contributed by atoms with Crippen molar-refractivity contribution in [3.63, 3.8) is 0 Å². The first-order valence-corrected chi connectivity index (χ1v) is 10.6. The van der Waals surface area contributed by atoms with E-state index < -0.39 is 8.32 Å². The summed E-state index contributed by atoms with van der Waals surface area (Å²) in [6.45, 7) is 12.3. The van der Waals surface area contributed by atoms with E-state index in [4.69, 9.17) is 4.43 Å². The molecular weight excluding hydrogens is 260 g/mol. The molecule has 0 aromatic heterocycles. The van der Waals surface area contributed by atoms with Gasteiger partial charge in [-0.2, -0.15) is 0 Å². The Bertz CT molecular complexity index is 401. The molecule has 0 aliphatic heterocycles. The monoisotopic (exact) mass is 290 g/mol. The van der Waals surface area contributed by atoms with Crippen LogP contribution in [0.15, 0.2) is 42.5 Å². The highest BCUT2D eigenvalue weighted by Gasteiger charge is 2.36. The lowest BCUT2D eigenvalue weighted by molar-refractivity contribution is 0.294. The predicted octanol–water partition coefficient (Wildman–Crippen LogP) is 5.59. The van der Waals surface area contributed by atoms with Crippen LogP contribution in [0.4, 0.5) is 0 Å². The summed E-state index contributed by atoms with van der Waals surface area (Å²) in [4.78, 5) is 0. The van der Waals surface area contributed by atoms with Crippen molar-refractivity contribution in [1.29, 1.82) is 0 Å². The number of rotatable bonds is 7. The second kappa shape index (κ2) is 7.80. The lowest BCUT2D eigenvalue weighted by Gasteiger charge is -2.36. The second-order valence-corrected chi connectivity index (χ2v) is 11.7. The molecule has 0 fully saturated rings. The Morgan fingerprint density at radius 2 is 1.60 bits per heavy atom. The summed E-state index contributed by atoms with van der Waals surface area (Å²) >= 11 is 0. The van der Waals surface area contributed by atoms with Gasteiger partial charge in [0.25, 0.3) is 0 Å². The highest BCUT2D eigenvalue weighted by molar-refractivity contribution is 6.74. The maximum absolute atomic E-state index is 6.15. The first-order chi connectivity index (χ1) is 9.33. The van der Waals surface area contributed by atoms with E-state index >= 15 is 0 Å². The third-order valence-electron chi connectivity index (χ3n) is 4.16. The molecule has 2 heteroatoms. The zero-order chi connectivity index (χ0) is 15.1. The quantitative estimate of drug-likeness (QED) is 0.361. The van der Waals surface area contributed by atoms with E-state index in [1.807, 2.05) is 0 Å². The molecule has 0 amide bonds. The van der Waals surface area contributed by atoms with Crippen molar-refractivity contribution >= 4 is 8.32 Å². The molecule has 0 atom stereocenters. The van der Waals surface area contributed by atoms with E-state index in [0.717, 1.165) is 25.9 Å². The molecule has 0 saturated heterocycles. The number of allylic oxidation sites excluding steroid dienone is 1. The molecule has 0 bridgehead atoms. The SMILES string of the molecule is CC(C)(C)[Si](C)(C)OCC/C=C\CCc1ccccc1. The van der Waals surface area contributed by atoms with Crippen LogP contribution in [0.3, 0.4) is 0 Å². The van der Waals surface area contributed by atoms with Crippen LogP contribution in [-0.4, -0.2) is 14.9 Å². The van der Waals surface area contributed by atoms with Crippen molar-refractivity contribution < 1.29 is 4.43 Å². The van der Waals surface area contributed by atoms with Gasteiger partial charge in [-0.3, -0.25) is 0 Å². The highest BCUT2D eigenvalue weighted by atomic mass is 28.4. The summed E-state index contributed by atoms with van der Waals surface area (Å²) in [5.41, 5.74) is 1.41. The molecule has 1 rings (SSSR count). The Kier molecular flexibility index (Phi) is 6.70. The minimum Gasteiger partial charge on any atom is -0.417 e. The minimum absolute atomic E-state index is 0.310. The molecule has 0 heterocycles. The molecule has 1 nitrogen and oxygen atoms in total. The second-order valence-electron chi connectivity index (χ2n) is 6.89. The van der Waals surface area contributed by atoms with E-state index in [-0.39, 0.29) is 0 Å². The molecule has 0 aliphatic carbocycles. The molecule has 112 valence electrons. The Morgan fingerprint density at radius 1 is 1.00 bits per heavy atom. The van der Waals surface area contributed by atoms with E-state index in [1.165, 1.54) is 5.56 Å². The van der Waals surface area contributed by atoms with Crippen molar-refractivity contribution in [1.82, 2.24) is 0 Å². The largest absolute Gasteiger partial charge is 0.417 e. The zero-order valence-corrected chi connectivity index (χ0v) is 14.8. The number of benzene rings is 1. The summed E-state index contributed by atoms with van der Waals surface area (Å²) in [7, 11) is -1.56. The molecular formula is C18H30OSi. The third kappa shape index (κ3) is 6.06.